The molecule has 0 aromatic heterocycles. The number of rotatable bonds is 7. The fourth-order valence-electron chi connectivity index (χ4n) is 2.99. The Labute approximate surface area is 170 Å². The highest BCUT2D eigenvalue weighted by atomic mass is 19.1. The van der Waals surface area contributed by atoms with Gasteiger partial charge in [0.25, 0.3) is 5.91 Å². The normalized spacial score (nSPS) is 10.8. The Morgan fingerprint density at radius 2 is 1.72 bits per heavy atom. The van der Waals surface area contributed by atoms with E-state index in [1.54, 1.807) is 13.2 Å². The number of carbonyl (C=O) groups is 1. The summed E-state index contributed by atoms with van der Waals surface area (Å²) >= 11 is 0. The van der Waals surface area contributed by atoms with Crippen LogP contribution in [0.1, 0.15) is 29.8 Å². The van der Waals surface area contributed by atoms with Crippen molar-refractivity contribution in [2.45, 2.75) is 26.4 Å². The van der Waals surface area contributed by atoms with Crippen LogP contribution < -0.4 is 15.4 Å². The molecule has 0 atom stereocenters. The summed E-state index contributed by atoms with van der Waals surface area (Å²) in [6, 6.07) is 19.7. The molecule has 0 heterocycles. The second-order valence-electron chi connectivity index (χ2n) is 7.10. The molecule has 0 fully saturated rings. The van der Waals surface area contributed by atoms with Crippen molar-refractivity contribution in [2.75, 3.05) is 12.4 Å². The highest BCUT2D eigenvalue weighted by Crippen LogP contribution is 2.28. The van der Waals surface area contributed by atoms with E-state index < -0.39 is 5.82 Å². The third-order valence-corrected chi connectivity index (χ3v) is 4.54. The molecule has 0 spiro atoms. The second-order valence-corrected chi connectivity index (χ2v) is 7.10. The van der Waals surface area contributed by atoms with Crippen LogP contribution in [0.4, 0.5) is 10.1 Å². The number of carbonyl (C=O) groups excluding carboxylic acids is 1. The van der Waals surface area contributed by atoms with Crippen molar-refractivity contribution >= 4 is 11.6 Å². The zero-order valence-corrected chi connectivity index (χ0v) is 16.8. The molecule has 5 heteroatoms. The minimum Gasteiger partial charge on any atom is -0.496 e. The molecule has 29 heavy (non-hydrogen) atoms. The Bertz CT molecular complexity index is 984. The molecular formula is C24H25FN2O2. The maximum atomic E-state index is 13.3. The second kappa shape index (κ2) is 9.34. The number of halogens is 1. The summed E-state index contributed by atoms with van der Waals surface area (Å²) in [5.74, 6) is 0.0693. The van der Waals surface area contributed by atoms with Crippen molar-refractivity contribution < 1.29 is 13.9 Å². The first-order chi connectivity index (χ1) is 14.0. The molecule has 2 N–H and O–H groups in total. The van der Waals surface area contributed by atoms with Gasteiger partial charge in [0, 0.05) is 29.4 Å². The lowest BCUT2D eigenvalue weighted by Gasteiger charge is -2.14. The Hall–Kier alpha value is -3.18. The van der Waals surface area contributed by atoms with E-state index in [0.29, 0.717) is 11.7 Å². The van der Waals surface area contributed by atoms with Gasteiger partial charge in [0.05, 0.1) is 7.11 Å². The molecule has 0 bridgehead atoms. The maximum Gasteiger partial charge on any atom is 0.255 e. The Kier molecular flexibility index (Phi) is 6.62. The van der Waals surface area contributed by atoms with Gasteiger partial charge in [-0.15, -0.1) is 0 Å². The van der Waals surface area contributed by atoms with Crippen LogP contribution >= 0.6 is 0 Å². The molecule has 0 unspecified atom stereocenters. The number of nitrogens with one attached hydrogen (secondary N) is 2. The first kappa shape index (κ1) is 20.6. The third-order valence-electron chi connectivity index (χ3n) is 4.54. The molecular weight excluding hydrogens is 367 g/mol. The van der Waals surface area contributed by atoms with Gasteiger partial charge in [0.1, 0.15) is 11.6 Å². The average Bonchev–Trinajstić information content (AvgIpc) is 2.72. The van der Waals surface area contributed by atoms with E-state index in [4.69, 9.17) is 4.74 Å². The van der Waals surface area contributed by atoms with Crippen LogP contribution in [0.5, 0.6) is 5.75 Å². The lowest BCUT2D eigenvalue weighted by Crippen LogP contribution is -2.22. The average molecular weight is 392 g/mol. The molecule has 3 aromatic carbocycles. The fourth-order valence-corrected chi connectivity index (χ4v) is 2.99. The molecule has 0 aliphatic heterocycles. The highest BCUT2D eigenvalue weighted by Gasteiger charge is 2.09. The molecule has 0 aliphatic carbocycles. The van der Waals surface area contributed by atoms with Gasteiger partial charge in [0.2, 0.25) is 0 Å². The number of hydrogen-bond acceptors (Lipinski definition) is 3. The van der Waals surface area contributed by atoms with Crippen LogP contribution in [0.2, 0.25) is 0 Å². The SMILES string of the molecule is COc1ccc(-c2ccc(NC(=O)c3cccc(F)c3)cc2)cc1CNC(C)C. The van der Waals surface area contributed by atoms with E-state index in [-0.39, 0.29) is 11.5 Å². The van der Waals surface area contributed by atoms with Crippen LogP contribution in [0.25, 0.3) is 11.1 Å². The predicted molar refractivity (Wildman–Crippen MR) is 115 cm³/mol. The van der Waals surface area contributed by atoms with Crippen LogP contribution in [-0.2, 0) is 6.54 Å². The topological polar surface area (TPSA) is 50.4 Å². The fraction of sp³-hybridized carbons (Fsp3) is 0.208. The zero-order valence-electron chi connectivity index (χ0n) is 16.8. The van der Waals surface area contributed by atoms with Crippen LogP contribution in [-0.4, -0.2) is 19.1 Å². The lowest BCUT2D eigenvalue weighted by atomic mass is 10.0. The van der Waals surface area contributed by atoms with Crippen molar-refractivity contribution in [2.24, 2.45) is 0 Å². The quantitative estimate of drug-likeness (QED) is 0.577. The number of hydrogen-bond donors (Lipinski definition) is 2. The summed E-state index contributed by atoms with van der Waals surface area (Å²) in [5, 5.41) is 6.20. The van der Waals surface area contributed by atoms with Crippen molar-refractivity contribution in [3.8, 4) is 16.9 Å². The molecule has 0 saturated heterocycles. The number of methoxy groups -OCH3 is 1. The Balaban J connectivity index is 1.75. The van der Waals surface area contributed by atoms with Gasteiger partial charge >= 0.3 is 0 Å². The number of anilines is 1. The van der Waals surface area contributed by atoms with Gasteiger partial charge < -0.3 is 15.4 Å². The highest BCUT2D eigenvalue weighted by molar-refractivity contribution is 6.04. The summed E-state index contributed by atoms with van der Waals surface area (Å²) in [6.07, 6.45) is 0. The van der Waals surface area contributed by atoms with Gasteiger partial charge in [-0.05, 0) is 53.6 Å². The van der Waals surface area contributed by atoms with Crippen molar-refractivity contribution in [3.05, 3.63) is 83.7 Å². The molecule has 0 saturated carbocycles. The maximum absolute atomic E-state index is 13.3. The van der Waals surface area contributed by atoms with Gasteiger partial charge in [-0.1, -0.05) is 38.1 Å². The largest absolute Gasteiger partial charge is 0.496 e. The zero-order chi connectivity index (χ0) is 20.8. The van der Waals surface area contributed by atoms with Crippen LogP contribution in [0, 0.1) is 5.82 Å². The smallest absolute Gasteiger partial charge is 0.255 e. The van der Waals surface area contributed by atoms with E-state index in [1.807, 2.05) is 36.4 Å². The van der Waals surface area contributed by atoms with E-state index in [9.17, 15) is 9.18 Å². The number of ether oxygens (including phenoxy) is 1. The molecule has 3 aromatic rings. The molecule has 4 nitrogen and oxygen atoms in total. The number of benzene rings is 3. The monoisotopic (exact) mass is 392 g/mol. The van der Waals surface area contributed by atoms with Gasteiger partial charge in [-0.25, -0.2) is 4.39 Å². The standard InChI is InChI=1S/C24H25FN2O2/c1-16(2)26-15-20-13-18(9-12-23(20)29-3)17-7-10-22(11-8-17)27-24(28)19-5-4-6-21(25)14-19/h4-14,16,26H,15H2,1-3H3,(H,27,28). The predicted octanol–water partition coefficient (Wildman–Crippen LogP) is 5.25. The first-order valence-corrected chi connectivity index (χ1v) is 9.54. The van der Waals surface area contributed by atoms with E-state index in [1.165, 1.54) is 18.2 Å². The molecule has 1 amide bonds. The summed E-state index contributed by atoms with van der Waals surface area (Å²) in [7, 11) is 1.67. The molecule has 3 rings (SSSR count). The van der Waals surface area contributed by atoms with E-state index >= 15 is 0 Å². The van der Waals surface area contributed by atoms with Crippen LogP contribution in [0.15, 0.2) is 66.7 Å². The van der Waals surface area contributed by atoms with Crippen molar-refractivity contribution in [3.63, 3.8) is 0 Å². The summed E-state index contributed by atoms with van der Waals surface area (Å²) in [6.45, 7) is 4.93. The van der Waals surface area contributed by atoms with E-state index in [2.05, 4.69) is 30.5 Å². The van der Waals surface area contributed by atoms with Crippen molar-refractivity contribution in [1.82, 2.24) is 5.32 Å². The minimum atomic E-state index is -0.435. The lowest BCUT2D eigenvalue weighted by molar-refractivity contribution is 0.102. The van der Waals surface area contributed by atoms with Crippen LogP contribution in [0.3, 0.4) is 0 Å². The Morgan fingerprint density at radius 1 is 1.00 bits per heavy atom. The molecule has 0 radical (unpaired) electrons. The first-order valence-electron chi connectivity index (χ1n) is 9.54. The summed E-state index contributed by atoms with van der Waals surface area (Å²) < 4.78 is 18.8. The molecule has 0 aliphatic rings. The minimum absolute atomic E-state index is 0.284. The Morgan fingerprint density at radius 3 is 2.38 bits per heavy atom. The van der Waals surface area contributed by atoms with Gasteiger partial charge in [-0.3, -0.25) is 4.79 Å². The van der Waals surface area contributed by atoms with Gasteiger partial charge in [-0.2, -0.15) is 0 Å². The third kappa shape index (κ3) is 5.42. The molecule has 150 valence electrons. The van der Waals surface area contributed by atoms with E-state index in [0.717, 1.165) is 29.0 Å². The summed E-state index contributed by atoms with van der Waals surface area (Å²) in [5.41, 5.74) is 4.11. The summed E-state index contributed by atoms with van der Waals surface area (Å²) in [4.78, 5) is 12.3. The van der Waals surface area contributed by atoms with Crippen molar-refractivity contribution in [1.29, 1.82) is 0 Å². The number of amides is 1. The van der Waals surface area contributed by atoms with Gasteiger partial charge in [0.15, 0.2) is 0 Å².